The SMILES string of the molecule is C[C@@H](Cc1ccccc1)NP(=O)(OC[C@@]1(N=[N+]=[N-])O[C@@H](n2ccc(=O)[nH]c2=O)[C@H](O)[C@@H]1O)Oc1cccc2ccccc12. The third-order valence-corrected chi connectivity index (χ3v) is 8.58. The van der Waals surface area contributed by atoms with E-state index in [4.69, 9.17) is 13.8 Å². The van der Waals surface area contributed by atoms with Gasteiger partial charge in [0, 0.05) is 28.6 Å². The minimum Gasteiger partial charge on any atom is -0.413 e. The number of rotatable bonds is 11. The van der Waals surface area contributed by atoms with Gasteiger partial charge in [0.1, 0.15) is 18.0 Å². The molecule has 1 aliphatic heterocycles. The van der Waals surface area contributed by atoms with Crippen LogP contribution in [-0.2, 0) is 20.2 Å². The van der Waals surface area contributed by atoms with Crippen molar-refractivity contribution >= 4 is 18.5 Å². The molecule has 0 spiro atoms. The molecule has 14 nitrogen and oxygen atoms in total. The van der Waals surface area contributed by atoms with Crippen LogP contribution in [0.25, 0.3) is 21.2 Å². The molecule has 15 heteroatoms. The second-order valence-corrected chi connectivity index (χ2v) is 11.7. The Morgan fingerprint density at radius 3 is 2.58 bits per heavy atom. The average Bonchev–Trinajstić information content (AvgIpc) is 3.22. The molecule has 4 aromatic rings. The number of nitrogens with zero attached hydrogens (tertiary/aromatic N) is 4. The van der Waals surface area contributed by atoms with Crippen molar-refractivity contribution in [2.24, 2.45) is 5.11 Å². The van der Waals surface area contributed by atoms with E-state index in [0.717, 1.165) is 27.8 Å². The topological polar surface area (TPSA) is 201 Å². The van der Waals surface area contributed by atoms with Gasteiger partial charge in [-0.2, -0.15) is 0 Å². The van der Waals surface area contributed by atoms with E-state index in [9.17, 15) is 29.9 Å². The van der Waals surface area contributed by atoms with Crippen molar-refractivity contribution in [3.8, 4) is 5.75 Å². The number of H-pyrrole nitrogens is 1. The fourth-order valence-corrected chi connectivity index (χ4v) is 6.47. The van der Waals surface area contributed by atoms with Crippen LogP contribution < -0.4 is 20.9 Å². The van der Waals surface area contributed by atoms with Gasteiger partial charge in [-0.3, -0.25) is 18.9 Å². The Kier molecular flexibility index (Phi) is 8.81. The summed E-state index contributed by atoms with van der Waals surface area (Å²) in [4.78, 5) is 28.6. The summed E-state index contributed by atoms with van der Waals surface area (Å²) < 4.78 is 32.7. The van der Waals surface area contributed by atoms with Gasteiger partial charge in [0.25, 0.3) is 5.56 Å². The first-order valence-electron chi connectivity index (χ1n) is 13.3. The summed E-state index contributed by atoms with van der Waals surface area (Å²) in [7, 11) is -4.33. The lowest BCUT2D eigenvalue weighted by atomic mass is 10.1. The summed E-state index contributed by atoms with van der Waals surface area (Å²) in [6.07, 6.45) is -3.82. The van der Waals surface area contributed by atoms with E-state index in [-0.39, 0.29) is 5.75 Å². The van der Waals surface area contributed by atoms with Crippen LogP contribution in [0.1, 0.15) is 18.7 Å². The van der Waals surface area contributed by atoms with Gasteiger partial charge in [-0.05, 0) is 35.9 Å². The van der Waals surface area contributed by atoms with Gasteiger partial charge in [-0.25, -0.2) is 14.4 Å². The number of aromatic nitrogens is 2. The lowest BCUT2D eigenvalue weighted by Gasteiger charge is -2.30. The third-order valence-electron chi connectivity index (χ3n) is 6.91. The summed E-state index contributed by atoms with van der Waals surface area (Å²) in [5.74, 6) is 0.240. The standard InChI is InChI=1S/C28H29N6O8P/c1-18(16-19-8-3-2-4-9-19)31-43(39,42-22-13-7-11-20-10-5-6-12-21(20)22)40-17-28(32-33-29)25(37)24(36)26(41-28)34-15-14-23(35)30-27(34)38/h2-15,18,24-26,36-37H,16-17H2,1H3,(H,31,39)(H,30,35,38)/t18-,24+,25-,26+,28+,43?/m0/s1. The maximum absolute atomic E-state index is 14.4. The number of azide groups is 1. The second kappa shape index (κ2) is 12.5. The second-order valence-electron chi connectivity index (χ2n) is 10.1. The van der Waals surface area contributed by atoms with Crippen molar-refractivity contribution in [3.63, 3.8) is 0 Å². The van der Waals surface area contributed by atoms with Gasteiger partial charge in [0.15, 0.2) is 6.23 Å². The molecule has 1 aromatic heterocycles. The number of fused-ring (bicyclic) bond motifs is 1. The molecular weight excluding hydrogens is 579 g/mol. The zero-order valence-electron chi connectivity index (χ0n) is 22.9. The molecule has 0 saturated carbocycles. The van der Waals surface area contributed by atoms with Crippen LogP contribution in [0.4, 0.5) is 0 Å². The molecule has 43 heavy (non-hydrogen) atoms. The molecule has 224 valence electrons. The van der Waals surface area contributed by atoms with Crippen LogP contribution in [0.5, 0.6) is 5.75 Å². The molecule has 1 saturated heterocycles. The fourth-order valence-electron chi connectivity index (χ4n) is 4.88. The Hall–Kier alpha value is -4.26. The first-order chi connectivity index (χ1) is 20.6. The molecule has 0 aliphatic carbocycles. The Morgan fingerprint density at radius 2 is 1.84 bits per heavy atom. The highest BCUT2D eigenvalue weighted by molar-refractivity contribution is 7.52. The fraction of sp³-hybridized carbons (Fsp3) is 0.286. The number of aromatic amines is 1. The Balaban J connectivity index is 1.46. The summed E-state index contributed by atoms with van der Waals surface area (Å²) >= 11 is 0. The van der Waals surface area contributed by atoms with Crippen molar-refractivity contribution in [2.75, 3.05) is 6.61 Å². The monoisotopic (exact) mass is 608 g/mol. The number of hydrogen-bond acceptors (Lipinski definition) is 9. The number of benzene rings is 3. The van der Waals surface area contributed by atoms with Crippen molar-refractivity contribution in [1.82, 2.24) is 14.6 Å². The van der Waals surface area contributed by atoms with Crippen molar-refractivity contribution in [2.45, 2.75) is 43.5 Å². The Labute approximate surface area is 244 Å². The zero-order valence-corrected chi connectivity index (χ0v) is 23.8. The van der Waals surface area contributed by atoms with E-state index >= 15 is 0 Å². The van der Waals surface area contributed by atoms with Crippen molar-refractivity contribution in [3.05, 3.63) is 122 Å². The molecule has 0 radical (unpaired) electrons. The predicted molar refractivity (Wildman–Crippen MR) is 156 cm³/mol. The molecule has 2 heterocycles. The predicted octanol–water partition coefficient (Wildman–Crippen LogP) is 3.37. The smallest absolute Gasteiger partial charge is 0.413 e. The molecule has 3 aromatic carbocycles. The van der Waals surface area contributed by atoms with Gasteiger partial charge < -0.3 is 19.5 Å². The summed E-state index contributed by atoms with van der Waals surface area (Å²) in [6, 6.07) is 22.5. The highest BCUT2D eigenvalue weighted by Gasteiger charge is 2.56. The van der Waals surface area contributed by atoms with Gasteiger partial charge in [-0.15, -0.1) is 0 Å². The quantitative estimate of drug-likeness (QED) is 0.0852. The van der Waals surface area contributed by atoms with Crippen molar-refractivity contribution in [1.29, 1.82) is 0 Å². The van der Waals surface area contributed by atoms with Crippen LogP contribution in [0.3, 0.4) is 0 Å². The lowest BCUT2D eigenvalue weighted by molar-refractivity contribution is -0.121. The van der Waals surface area contributed by atoms with E-state index in [1.165, 1.54) is 0 Å². The minimum absolute atomic E-state index is 0.240. The number of nitrogens with one attached hydrogen (secondary N) is 2. The Bertz CT molecular complexity index is 1810. The van der Waals surface area contributed by atoms with Gasteiger partial charge in [-0.1, -0.05) is 71.8 Å². The van der Waals surface area contributed by atoms with E-state index in [2.05, 4.69) is 15.1 Å². The summed E-state index contributed by atoms with van der Waals surface area (Å²) in [5, 5.41) is 29.7. The molecule has 1 unspecified atom stereocenters. The molecule has 6 atom stereocenters. The highest BCUT2D eigenvalue weighted by Crippen LogP contribution is 2.49. The average molecular weight is 609 g/mol. The Morgan fingerprint density at radius 1 is 1.12 bits per heavy atom. The van der Waals surface area contributed by atoms with Crippen LogP contribution in [0.2, 0.25) is 0 Å². The molecular formula is C28H29N6O8P. The lowest BCUT2D eigenvalue weighted by Crippen LogP contribution is -2.45. The number of ether oxygens (including phenoxy) is 1. The maximum atomic E-state index is 14.4. The van der Waals surface area contributed by atoms with Crippen LogP contribution in [-0.4, -0.2) is 50.3 Å². The summed E-state index contributed by atoms with van der Waals surface area (Å²) in [6.45, 7) is 0.930. The molecule has 4 N–H and O–H groups in total. The molecule has 1 aliphatic rings. The molecule has 0 amide bonds. The van der Waals surface area contributed by atoms with Gasteiger partial charge in [0.2, 0.25) is 5.72 Å². The van der Waals surface area contributed by atoms with Crippen LogP contribution >= 0.6 is 7.75 Å². The zero-order chi connectivity index (χ0) is 30.6. The molecule has 5 rings (SSSR count). The van der Waals surface area contributed by atoms with Gasteiger partial charge >= 0.3 is 13.4 Å². The van der Waals surface area contributed by atoms with E-state index < -0.39 is 55.8 Å². The van der Waals surface area contributed by atoms with E-state index in [1.54, 1.807) is 31.2 Å². The van der Waals surface area contributed by atoms with E-state index in [1.807, 2.05) is 53.5 Å². The van der Waals surface area contributed by atoms with E-state index in [0.29, 0.717) is 11.8 Å². The molecule has 0 bridgehead atoms. The largest absolute Gasteiger partial charge is 0.459 e. The van der Waals surface area contributed by atoms with Gasteiger partial charge in [0.05, 0.1) is 6.61 Å². The molecule has 1 fully saturated rings. The highest BCUT2D eigenvalue weighted by atomic mass is 31.2. The third kappa shape index (κ3) is 6.56. The first kappa shape index (κ1) is 30.2. The number of aliphatic hydroxyl groups is 2. The number of aliphatic hydroxyl groups excluding tert-OH is 2. The first-order valence-corrected chi connectivity index (χ1v) is 14.8. The maximum Gasteiger partial charge on any atom is 0.459 e. The normalized spacial score (nSPS) is 23.7. The van der Waals surface area contributed by atoms with Crippen LogP contribution in [0, 0.1) is 0 Å². The van der Waals surface area contributed by atoms with Crippen LogP contribution in [0.15, 0.2) is 99.8 Å². The van der Waals surface area contributed by atoms with Crippen molar-refractivity contribution < 1.29 is 28.6 Å². The number of hydrogen-bond donors (Lipinski definition) is 4. The summed E-state index contributed by atoms with van der Waals surface area (Å²) in [5.41, 5.74) is 6.32. The minimum atomic E-state index is -4.33.